The molecular weight excluding hydrogens is 158 g/mol. The molecule has 0 saturated carbocycles. The molecule has 1 rings (SSSR count). The maximum absolute atomic E-state index is 3.61. The summed E-state index contributed by atoms with van der Waals surface area (Å²) in [6.45, 7) is 4.00. The predicted octanol–water partition coefficient (Wildman–Crippen LogP) is 1.88. The molecule has 64 valence electrons. The Labute approximate surface area is 72.7 Å². The fourth-order valence-electron chi connectivity index (χ4n) is 0.205. The van der Waals surface area contributed by atoms with E-state index in [4.69, 9.17) is 0 Å². The van der Waals surface area contributed by atoms with Gasteiger partial charge in [0.05, 0.1) is 6.20 Å². The van der Waals surface area contributed by atoms with E-state index in [9.17, 15) is 0 Å². The van der Waals surface area contributed by atoms with Crippen LogP contribution < -0.4 is 0 Å². The third-order valence-corrected chi connectivity index (χ3v) is 0.404. The molecule has 0 amide bonds. The average Bonchev–Trinajstić information content (AvgIpc) is 2.12. The number of rotatable bonds is 0. The Kier molecular flexibility index (Phi) is 19.1. The van der Waals surface area contributed by atoms with Gasteiger partial charge in [0, 0.05) is 6.20 Å². The Hall–Kier alpha value is -0.640. The minimum Gasteiger partial charge on any atom is -0.241 e. The largest absolute Gasteiger partial charge is 0.241 e. The SMILES string of the molecule is CC.CSC.c1cnncn1. The first-order valence-electron chi connectivity index (χ1n) is 3.38. The highest BCUT2D eigenvalue weighted by atomic mass is 32.2. The normalized spacial score (nSPS) is 6.55. The van der Waals surface area contributed by atoms with Gasteiger partial charge in [0.15, 0.2) is 0 Å². The van der Waals surface area contributed by atoms with Crippen molar-refractivity contribution in [3.63, 3.8) is 0 Å². The van der Waals surface area contributed by atoms with E-state index in [-0.39, 0.29) is 0 Å². The molecule has 0 unspecified atom stereocenters. The number of hydrogen-bond donors (Lipinski definition) is 0. The summed E-state index contributed by atoms with van der Waals surface area (Å²) >= 11 is 1.75. The first kappa shape index (κ1) is 13.0. The second kappa shape index (κ2) is 16.2. The van der Waals surface area contributed by atoms with Gasteiger partial charge in [-0.15, -0.1) is 5.10 Å². The Morgan fingerprint density at radius 2 is 1.55 bits per heavy atom. The molecule has 11 heavy (non-hydrogen) atoms. The summed E-state index contributed by atoms with van der Waals surface area (Å²) in [4.78, 5) is 3.61. The number of aromatic nitrogens is 3. The Bertz CT molecular complexity index is 96.5. The molecule has 0 fully saturated rings. The van der Waals surface area contributed by atoms with Crippen LogP contribution in [-0.4, -0.2) is 27.7 Å². The molecular formula is C7H15N3S. The molecule has 0 aliphatic heterocycles. The van der Waals surface area contributed by atoms with Crippen LogP contribution in [-0.2, 0) is 0 Å². The zero-order valence-electron chi connectivity index (χ0n) is 7.48. The van der Waals surface area contributed by atoms with Gasteiger partial charge in [0.2, 0.25) is 0 Å². The van der Waals surface area contributed by atoms with E-state index in [0.29, 0.717) is 0 Å². The molecule has 1 aromatic heterocycles. The lowest BCUT2D eigenvalue weighted by Gasteiger charge is -1.69. The van der Waals surface area contributed by atoms with Gasteiger partial charge < -0.3 is 0 Å². The van der Waals surface area contributed by atoms with Gasteiger partial charge >= 0.3 is 0 Å². The molecule has 4 heteroatoms. The van der Waals surface area contributed by atoms with Crippen LogP contribution in [0.5, 0.6) is 0 Å². The van der Waals surface area contributed by atoms with Crippen LogP contribution in [0.15, 0.2) is 18.7 Å². The van der Waals surface area contributed by atoms with Crippen molar-refractivity contribution in [2.75, 3.05) is 12.5 Å². The molecule has 0 aliphatic carbocycles. The van der Waals surface area contributed by atoms with Crippen LogP contribution in [0.1, 0.15) is 13.8 Å². The van der Waals surface area contributed by atoms with Crippen LogP contribution in [0.3, 0.4) is 0 Å². The molecule has 0 aliphatic rings. The van der Waals surface area contributed by atoms with Crippen LogP contribution in [0.25, 0.3) is 0 Å². The van der Waals surface area contributed by atoms with Crippen molar-refractivity contribution < 1.29 is 0 Å². The first-order valence-corrected chi connectivity index (χ1v) is 5.02. The Morgan fingerprint density at radius 1 is 1.00 bits per heavy atom. The third-order valence-electron chi connectivity index (χ3n) is 0.404. The van der Waals surface area contributed by atoms with Gasteiger partial charge in [-0.1, -0.05) is 13.8 Å². The van der Waals surface area contributed by atoms with E-state index < -0.39 is 0 Å². The van der Waals surface area contributed by atoms with E-state index in [1.54, 1.807) is 18.0 Å². The van der Waals surface area contributed by atoms with Gasteiger partial charge in [-0.05, 0) is 12.5 Å². The molecule has 1 heterocycles. The summed E-state index contributed by atoms with van der Waals surface area (Å²) in [5.74, 6) is 0. The Balaban J connectivity index is 0. The second-order valence-electron chi connectivity index (χ2n) is 1.20. The summed E-state index contributed by atoms with van der Waals surface area (Å²) in [6.07, 6.45) is 8.58. The molecule has 0 N–H and O–H groups in total. The summed E-state index contributed by atoms with van der Waals surface area (Å²) < 4.78 is 0. The first-order chi connectivity index (χ1) is 5.41. The molecule has 0 aromatic carbocycles. The zero-order valence-corrected chi connectivity index (χ0v) is 8.30. The fourth-order valence-corrected chi connectivity index (χ4v) is 0.205. The molecule has 1 aromatic rings. The minimum atomic E-state index is 1.39. The molecule has 0 radical (unpaired) electrons. The van der Waals surface area contributed by atoms with Gasteiger partial charge in [-0.25, -0.2) is 4.98 Å². The van der Waals surface area contributed by atoms with Crippen molar-refractivity contribution in [3.05, 3.63) is 18.7 Å². The summed E-state index contributed by atoms with van der Waals surface area (Å²) in [6, 6.07) is 0. The van der Waals surface area contributed by atoms with Crippen molar-refractivity contribution in [2.45, 2.75) is 13.8 Å². The highest BCUT2D eigenvalue weighted by molar-refractivity contribution is 7.97. The topological polar surface area (TPSA) is 38.7 Å². The van der Waals surface area contributed by atoms with Crippen LogP contribution in [0, 0.1) is 0 Å². The summed E-state index contributed by atoms with van der Waals surface area (Å²) in [5, 5.41) is 6.90. The standard InChI is InChI=1S/C3H3N3.C2H6S.C2H6/c1-2-5-6-3-4-1;1-3-2;1-2/h1-3H;1-2H3;1-2H3. The van der Waals surface area contributed by atoms with Crippen molar-refractivity contribution in [1.82, 2.24) is 15.2 Å². The van der Waals surface area contributed by atoms with E-state index >= 15 is 0 Å². The van der Waals surface area contributed by atoms with Crippen molar-refractivity contribution in [2.24, 2.45) is 0 Å². The monoisotopic (exact) mass is 173 g/mol. The van der Waals surface area contributed by atoms with E-state index in [1.165, 1.54) is 12.5 Å². The lowest BCUT2D eigenvalue weighted by atomic mass is 10.9. The predicted molar refractivity (Wildman–Crippen MR) is 50.6 cm³/mol. The number of hydrogen-bond acceptors (Lipinski definition) is 4. The van der Waals surface area contributed by atoms with Crippen molar-refractivity contribution in [3.8, 4) is 0 Å². The van der Waals surface area contributed by atoms with Gasteiger partial charge in [0.1, 0.15) is 6.33 Å². The lowest BCUT2D eigenvalue weighted by Crippen LogP contribution is -1.75. The summed E-state index contributed by atoms with van der Waals surface area (Å²) in [7, 11) is 0. The minimum absolute atomic E-state index is 1.39. The quantitative estimate of drug-likeness (QED) is 0.600. The van der Waals surface area contributed by atoms with Crippen LogP contribution >= 0.6 is 11.8 Å². The van der Waals surface area contributed by atoms with Gasteiger partial charge in [0.25, 0.3) is 0 Å². The van der Waals surface area contributed by atoms with Crippen LogP contribution in [0.4, 0.5) is 0 Å². The van der Waals surface area contributed by atoms with E-state index in [0.717, 1.165) is 0 Å². The highest BCUT2D eigenvalue weighted by Crippen LogP contribution is 1.70. The molecule has 0 atom stereocenters. The fraction of sp³-hybridized carbons (Fsp3) is 0.571. The molecule has 0 spiro atoms. The maximum atomic E-state index is 3.61. The van der Waals surface area contributed by atoms with E-state index in [1.807, 2.05) is 26.4 Å². The van der Waals surface area contributed by atoms with E-state index in [2.05, 4.69) is 15.2 Å². The van der Waals surface area contributed by atoms with Crippen molar-refractivity contribution in [1.29, 1.82) is 0 Å². The second-order valence-corrected chi connectivity index (χ2v) is 2.02. The highest BCUT2D eigenvalue weighted by Gasteiger charge is 1.60. The zero-order chi connectivity index (χ0) is 8.95. The van der Waals surface area contributed by atoms with Gasteiger partial charge in [-0.2, -0.15) is 16.9 Å². The molecule has 0 bridgehead atoms. The number of thioether (sulfide) groups is 1. The Morgan fingerprint density at radius 3 is 1.64 bits per heavy atom. The number of nitrogens with zero attached hydrogens (tertiary/aromatic N) is 3. The smallest absolute Gasteiger partial charge is 0.138 e. The third kappa shape index (κ3) is 17.6. The summed E-state index contributed by atoms with van der Waals surface area (Å²) in [5.41, 5.74) is 0. The molecule has 3 nitrogen and oxygen atoms in total. The lowest BCUT2D eigenvalue weighted by molar-refractivity contribution is 0.969. The molecule has 0 saturated heterocycles. The average molecular weight is 173 g/mol. The maximum Gasteiger partial charge on any atom is 0.138 e. The van der Waals surface area contributed by atoms with Gasteiger partial charge in [-0.3, -0.25) is 0 Å². The van der Waals surface area contributed by atoms with Crippen molar-refractivity contribution >= 4 is 11.8 Å². The van der Waals surface area contributed by atoms with Crippen LogP contribution in [0.2, 0.25) is 0 Å².